The Morgan fingerprint density at radius 2 is 2.36 bits per heavy atom. The molecule has 0 saturated heterocycles. The van der Waals surface area contributed by atoms with Gasteiger partial charge in [-0.05, 0) is 22.4 Å². The summed E-state index contributed by atoms with van der Waals surface area (Å²) in [5.41, 5.74) is 2.80. The maximum absolute atomic E-state index is 4.30. The Balaban J connectivity index is 2.86. The highest BCUT2D eigenvalue weighted by molar-refractivity contribution is 7.14. The first-order valence-corrected chi connectivity index (χ1v) is 3.85. The van der Waals surface area contributed by atoms with Crippen LogP contribution in [-0.2, 0) is 0 Å². The van der Waals surface area contributed by atoms with Gasteiger partial charge in [0.15, 0.2) is 5.65 Å². The normalized spacial score (nSPS) is 10.7. The van der Waals surface area contributed by atoms with Crippen LogP contribution >= 0.6 is 9.39 Å². The van der Waals surface area contributed by atoms with E-state index in [1.54, 1.807) is 6.20 Å². The lowest BCUT2D eigenvalue weighted by molar-refractivity contribution is 1.16. The van der Waals surface area contributed by atoms with Crippen molar-refractivity contribution in [3.8, 4) is 0 Å². The largest absolute Gasteiger partial charge is 0.316 e. The third-order valence-corrected chi connectivity index (χ3v) is 1.95. The Morgan fingerprint density at radius 1 is 1.55 bits per heavy atom. The van der Waals surface area contributed by atoms with Gasteiger partial charge in [0, 0.05) is 6.20 Å². The van der Waals surface area contributed by atoms with Crippen molar-refractivity contribution in [3.63, 3.8) is 0 Å². The molecule has 11 heavy (non-hydrogen) atoms. The Kier molecular flexibility index (Phi) is 1.40. The van der Waals surface area contributed by atoms with Gasteiger partial charge in [-0.3, -0.25) is 0 Å². The number of aromatic nitrogens is 3. The zero-order valence-corrected chi connectivity index (χ0v) is 7.31. The molecular formula is C7H8N3P. The van der Waals surface area contributed by atoms with Gasteiger partial charge >= 0.3 is 0 Å². The molecule has 0 aliphatic carbocycles. The smallest absolute Gasteiger partial charge is 0.161 e. The molecule has 0 N–H and O–H groups in total. The summed E-state index contributed by atoms with van der Waals surface area (Å²) >= 11 is 0. The minimum Gasteiger partial charge on any atom is -0.316 e. The molecular weight excluding hydrogens is 157 g/mol. The van der Waals surface area contributed by atoms with E-state index >= 15 is 0 Å². The van der Waals surface area contributed by atoms with E-state index in [0.717, 1.165) is 16.9 Å². The van der Waals surface area contributed by atoms with Crippen LogP contribution in [0.2, 0.25) is 0 Å². The first kappa shape index (κ1) is 6.74. The van der Waals surface area contributed by atoms with E-state index in [0.29, 0.717) is 0 Å². The molecule has 56 valence electrons. The second kappa shape index (κ2) is 2.28. The van der Waals surface area contributed by atoms with Crippen molar-refractivity contribution >= 4 is 20.6 Å². The van der Waals surface area contributed by atoms with E-state index in [9.17, 15) is 0 Å². The van der Waals surface area contributed by atoms with Crippen molar-refractivity contribution in [2.75, 3.05) is 0 Å². The summed E-state index contributed by atoms with van der Waals surface area (Å²) in [6.07, 6.45) is 3.69. The van der Waals surface area contributed by atoms with Gasteiger partial charge in [-0.1, -0.05) is 0 Å². The number of fused-ring (bicyclic) bond motifs is 1. The summed E-state index contributed by atoms with van der Waals surface area (Å²) in [6, 6.07) is 1.95. The van der Waals surface area contributed by atoms with Gasteiger partial charge in [0.1, 0.15) is 5.52 Å². The molecule has 3 nitrogen and oxygen atoms in total. The maximum atomic E-state index is 4.30. The van der Waals surface area contributed by atoms with Gasteiger partial charge in [0.05, 0.1) is 11.9 Å². The van der Waals surface area contributed by atoms with Gasteiger partial charge in [-0.15, -0.1) is 0 Å². The molecule has 0 aromatic carbocycles. The summed E-state index contributed by atoms with van der Waals surface area (Å²) in [7, 11) is 2.56. The van der Waals surface area contributed by atoms with Crippen LogP contribution in [0.5, 0.6) is 0 Å². The second-order valence-electron chi connectivity index (χ2n) is 2.44. The van der Waals surface area contributed by atoms with Crippen LogP contribution < -0.4 is 0 Å². The first-order chi connectivity index (χ1) is 5.27. The van der Waals surface area contributed by atoms with Crippen molar-refractivity contribution in [1.29, 1.82) is 0 Å². The van der Waals surface area contributed by atoms with Gasteiger partial charge in [-0.2, -0.15) is 0 Å². The van der Waals surface area contributed by atoms with Crippen molar-refractivity contribution in [3.05, 3.63) is 24.2 Å². The summed E-state index contributed by atoms with van der Waals surface area (Å²) < 4.78 is 1.88. The predicted molar refractivity (Wildman–Crippen MR) is 47.4 cm³/mol. The van der Waals surface area contributed by atoms with Crippen molar-refractivity contribution in [1.82, 2.24) is 14.3 Å². The third kappa shape index (κ3) is 1.02. The molecule has 0 amide bonds. The summed E-state index contributed by atoms with van der Waals surface area (Å²) in [5, 5.41) is 0. The monoisotopic (exact) mass is 165 g/mol. The van der Waals surface area contributed by atoms with Gasteiger partial charge in [0.25, 0.3) is 0 Å². The van der Waals surface area contributed by atoms with Crippen LogP contribution in [-0.4, -0.2) is 14.3 Å². The fourth-order valence-corrected chi connectivity index (χ4v) is 1.31. The van der Waals surface area contributed by atoms with Crippen molar-refractivity contribution in [2.24, 2.45) is 0 Å². The minimum atomic E-state index is 0.903. The van der Waals surface area contributed by atoms with Gasteiger partial charge in [-0.25, -0.2) is 9.97 Å². The molecule has 2 aromatic heterocycles. The summed E-state index contributed by atoms with van der Waals surface area (Å²) in [5.74, 6) is 0. The van der Waals surface area contributed by atoms with Crippen LogP contribution in [0.1, 0.15) is 5.69 Å². The lowest BCUT2D eigenvalue weighted by Gasteiger charge is -1.93. The number of nitrogens with zero attached hydrogens (tertiary/aromatic N) is 3. The topological polar surface area (TPSA) is 30.7 Å². The third-order valence-electron chi connectivity index (χ3n) is 1.54. The highest BCUT2D eigenvalue weighted by Gasteiger charge is 1.98. The SMILES string of the molecule is Cc1cnc2c(ccn2P)n1. The standard InChI is InChI=1S/C7H8N3P/c1-5-4-8-7-6(9-5)2-3-10(7)11/h2-4H,11H2,1H3. The average Bonchev–Trinajstić information content (AvgIpc) is 2.32. The number of rotatable bonds is 0. The lowest BCUT2D eigenvalue weighted by Crippen LogP contribution is -1.86. The van der Waals surface area contributed by atoms with Crippen molar-refractivity contribution < 1.29 is 0 Å². The summed E-state index contributed by atoms with van der Waals surface area (Å²) in [4.78, 5) is 8.52. The fraction of sp³-hybridized carbons (Fsp3) is 0.143. The second-order valence-corrected chi connectivity index (χ2v) is 3.00. The average molecular weight is 165 g/mol. The molecule has 0 fully saturated rings. The van der Waals surface area contributed by atoms with Gasteiger partial charge < -0.3 is 4.34 Å². The molecule has 0 saturated carbocycles. The van der Waals surface area contributed by atoms with E-state index in [2.05, 4.69) is 19.4 Å². The molecule has 0 aliphatic rings. The number of hydrogen-bond acceptors (Lipinski definition) is 2. The Hall–Kier alpha value is -0.950. The summed E-state index contributed by atoms with van der Waals surface area (Å²) in [6.45, 7) is 1.94. The van der Waals surface area contributed by atoms with E-state index in [1.165, 1.54) is 0 Å². The molecule has 2 aromatic rings. The zero-order chi connectivity index (χ0) is 7.84. The fourth-order valence-electron chi connectivity index (χ4n) is 1.02. The molecule has 1 atom stereocenters. The van der Waals surface area contributed by atoms with E-state index < -0.39 is 0 Å². The molecule has 0 bridgehead atoms. The van der Waals surface area contributed by atoms with E-state index in [-0.39, 0.29) is 0 Å². The predicted octanol–water partition coefficient (Wildman–Crippen LogP) is 1.38. The Morgan fingerprint density at radius 3 is 3.18 bits per heavy atom. The van der Waals surface area contributed by atoms with Crippen molar-refractivity contribution in [2.45, 2.75) is 6.92 Å². The molecule has 0 spiro atoms. The van der Waals surface area contributed by atoms with E-state index in [1.807, 2.05) is 23.5 Å². The first-order valence-electron chi connectivity index (χ1n) is 3.33. The Bertz CT molecular complexity index is 393. The highest BCUT2D eigenvalue weighted by atomic mass is 31.0. The van der Waals surface area contributed by atoms with Gasteiger partial charge in [0.2, 0.25) is 0 Å². The molecule has 2 heterocycles. The maximum Gasteiger partial charge on any atom is 0.161 e. The van der Waals surface area contributed by atoms with Crippen LogP contribution in [0.4, 0.5) is 0 Å². The molecule has 0 aliphatic heterocycles. The molecule has 1 unspecified atom stereocenters. The number of hydrogen-bond donors (Lipinski definition) is 0. The Labute approximate surface area is 66.7 Å². The molecule has 0 radical (unpaired) electrons. The molecule has 4 heteroatoms. The van der Waals surface area contributed by atoms with E-state index in [4.69, 9.17) is 0 Å². The lowest BCUT2D eigenvalue weighted by atomic mass is 10.4. The van der Waals surface area contributed by atoms with Crippen LogP contribution in [0, 0.1) is 6.92 Å². The zero-order valence-electron chi connectivity index (χ0n) is 6.15. The quantitative estimate of drug-likeness (QED) is 0.552. The van der Waals surface area contributed by atoms with Crippen LogP contribution in [0.25, 0.3) is 11.2 Å². The highest BCUT2D eigenvalue weighted by Crippen LogP contribution is 2.12. The molecule has 2 rings (SSSR count). The number of aryl methyl sites for hydroxylation is 1. The van der Waals surface area contributed by atoms with Crippen LogP contribution in [0.3, 0.4) is 0 Å². The minimum absolute atomic E-state index is 0.903. The van der Waals surface area contributed by atoms with Crippen LogP contribution in [0.15, 0.2) is 18.5 Å².